The van der Waals surface area contributed by atoms with Crippen molar-refractivity contribution in [3.8, 4) is 17.1 Å². The maximum Gasteiger partial charge on any atom is 0.258 e. The van der Waals surface area contributed by atoms with Gasteiger partial charge in [-0.1, -0.05) is 18.2 Å². The summed E-state index contributed by atoms with van der Waals surface area (Å²) in [4.78, 5) is 25.5. The predicted octanol–water partition coefficient (Wildman–Crippen LogP) is 3.67. The molecule has 2 aromatic carbocycles. The minimum atomic E-state index is -0.290. The standard InChI is InChI=1S/C23H21N5O3/c29-22(16-2-1-3-19(10-16)31-18-6-8-24-9-7-18)28-23-26-12-17-5-4-15(11-20(17)27-23)21-13-25-14-30-21/h1-5,10-14,18,24H,6-9H2,(H,26,27,28,29). The van der Waals surface area contributed by atoms with Gasteiger partial charge in [0.15, 0.2) is 12.2 Å². The van der Waals surface area contributed by atoms with Crippen molar-refractivity contribution < 1.29 is 13.9 Å². The number of piperidine rings is 1. The molecule has 8 heteroatoms. The quantitative estimate of drug-likeness (QED) is 0.513. The number of hydrogen-bond acceptors (Lipinski definition) is 7. The number of carbonyl (C=O) groups is 1. The highest BCUT2D eigenvalue weighted by molar-refractivity contribution is 6.03. The number of anilines is 1. The summed E-state index contributed by atoms with van der Waals surface area (Å²) >= 11 is 0. The second kappa shape index (κ2) is 8.53. The van der Waals surface area contributed by atoms with Crippen LogP contribution in [0.5, 0.6) is 5.75 Å². The zero-order valence-corrected chi connectivity index (χ0v) is 16.7. The highest BCUT2D eigenvalue weighted by atomic mass is 16.5. The van der Waals surface area contributed by atoms with Gasteiger partial charge in [0.2, 0.25) is 5.95 Å². The molecule has 0 radical (unpaired) electrons. The minimum absolute atomic E-state index is 0.168. The van der Waals surface area contributed by atoms with E-state index in [2.05, 4.69) is 25.6 Å². The molecule has 4 aromatic rings. The average molecular weight is 415 g/mol. The highest BCUT2D eigenvalue weighted by Gasteiger charge is 2.16. The number of oxazole rings is 1. The molecule has 1 fully saturated rings. The number of aromatic nitrogens is 3. The van der Waals surface area contributed by atoms with Crippen molar-refractivity contribution in [1.82, 2.24) is 20.3 Å². The second-order valence-corrected chi connectivity index (χ2v) is 7.38. The number of benzene rings is 2. The summed E-state index contributed by atoms with van der Waals surface area (Å²) in [6.07, 6.45) is 6.79. The number of ether oxygens (including phenoxy) is 1. The first-order valence-corrected chi connectivity index (χ1v) is 10.2. The first-order chi connectivity index (χ1) is 15.2. The molecule has 0 bridgehead atoms. The van der Waals surface area contributed by atoms with Crippen LogP contribution in [0.15, 0.2) is 65.7 Å². The van der Waals surface area contributed by atoms with Gasteiger partial charge >= 0.3 is 0 Å². The van der Waals surface area contributed by atoms with Crippen LogP contribution in [0, 0.1) is 0 Å². The predicted molar refractivity (Wildman–Crippen MR) is 116 cm³/mol. The first-order valence-electron chi connectivity index (χ1n) is 10.2. The van der Waals surface area contributed by atoms with Crippen molar-refractivity contribution in [3.05, 3.63) is 66.8 Å². The van der Waals surface area contributed by atoms with Gasteiger partial charge in [0.1, 0.15) is 11.9 Å². The van der Waals surface area contributed by atoms with Crippen molar-refractivity contribution in [1.29, 1.82) is 0 Å². The van der Waals surface area contributed by atoms with E-state index in [-0.39, 0.29) is 18.0 Å². The van der Waals surface area contributed by atoms with Crippen LogP contribution >= 0.6 is 0 Å². The summed E-state index contributed by atoms with van der Waals surface area (Å²) in [7, 11) is 0. The smallest absolute Gasteiger partial charge is 0.258 e. The largest absolute Gasteiger partial charge is 0.490 e. The van der Waals surface area contributed by atoms with Gasteiger partial charge < -0.3 is 14.5 Å². The lowest BCUT2D eigenvalue weighted by atomic mass is 10.1. The second-order valence-electron chi connectivity index (χ2n) is 7.38. The molecule has 0 saturated carbocycles. The van der Waals surface area contributed by atoms with Crippen molar-refractivity contribution in [3.63, 3.8) is 0 Å². The van der Waals surface area contributed by atoms with Crippen LogP contribution in [0.25, 0.3) is 22.2 Å². The van der Waals surface area contributed by atoms with E-state index < -0.39 is 0 Å². The number of fused-ring (bicyclic) bond motifs is 1. The molecule has 0 atom stereocenters. The molecule has 5 rings (SSSR count). The van der Waals surface area contributed by atoms with E-state index >= 15 is 0 Å². The number of nitrogens with one attached hydrogen (secondary N) is 2. The Labute approximate surface area is 178 Å². The summed E-state index contributed by atoms with van der Waals surface area (Å²) in [5.74, 6) is 1.28. The minimum Gasteiger partial charge on any atom is -0.490 e. The Morgan fingerprint density at radius 3 is 2.87 bits per heavy atom. The summed E-state index contributed by atoms with van der Waals surface area (Å²) in [5.41, 5.74) is 2.04. The van der Waals surface area contributed by atoms with Crippen LogP contribution in [0.2, 0.25) is 0 Å². The molecule has 2 aromatic heterocycles. The maximum absolute atomic E-state index is 12.8. The fourth-order valence-electron chi connectivity index (χ4n) is 3.59. The SMILES string of the molecule is O=C(Nc1ncc2ccc(-c3cnco3)cc2n1)c1cccc(OC2CCNCC2)c1. The Balaban J connectivity index is 1.33. The zero-order chi connectivity index (χ0) is 21.0. The van der Waals surface area contributed by atoms with Gasteiger partial charge in [-0.05, 0) is 50.2 Å². The van der Waals surface area contributed by atoms with Crippen LogP contribution in [0.4, 0.5) is 5.95 Å². The molecular formula is C23H21N5O3. The van der Waals surface area contributed by atoms with Gasteiger partial charge in [0.25, 0.3) is 5.91 Å². The van der Waals surface area contributed by atoms with Crippen molar-refractivity contribution in [2.24, 2.45) is 0 Å². The maximum atomic E-state index is 12.8. The van der Waals surface area contributed by atoms with Crippen molar-refractivity contribution in [2.45, 2.75) is 18.9 Å². The summed E-state index contributed by atoms with van der Waals surface area (Å²) in [6, 6.07) is 12.9. The van der Waals surface area contributed by atoms with Crippen LogP contribution in [0.3, 0.4) is 0 Å². The Kier molecular flexibility index (Phi) is 5.28. The lowest BCUT2D eigenvalue weighted by Crippen LogP contribution is -2.34. The van der Waals surface area contributed by atoms with Gasteiger partial charge in [-0.3, -0.25) is 10.1 Å². The van der Waals surface area contributed by atoms with Crippen LogP contribution < -0.4 is 15.4 Å². The van der Waals surface area contributed by atoms with Crippen LogP contribution in [-0.2, 0) is 0 Å². The van der Waals surface area contributed by atoms with Crippen LogP contribution in [-0.4, -0.2) is 40.1 Å². The molecule has 3 heterocycles. The summed E-state index contributed by atoms with van der Waals surface area (Å²) < 4.78 is 11.4. The Morgan fingerprint density at radius 1 is 1.13 bits per heavy atom. The van der Waals surface area contributed by atoms with E-state index in [1.807, 2.05) is 30.3 Å². The summed E-state index contributed by atoms with van der Waals surface area (Å²) in [6.45, 7) is 1.89. The Bertz CT molecular complexity index is 1200. The van der Waals surface area contributed by atoms with Crippen molar-refractivity contribution in [2.75, 3.05) is 18.4 Å². The molecule has 1 saturated heterocycles. The topological polar surface area (TPSA) is 102 Å². The summed E-state index contributed by atoms with van der Waals surface area (Å²) in [5, 5.41) is 6.95. The molecule has 0 unspecified atom stereocenters. The van der Waals surface area contributed by atoms with Gasteiger partial charge in [-0.25, -0.2) is 15.0 Å². The third kappa shape index (κ3) is 4.39. The molecule has 0 spiro atoms. The normalized spacial score (nSPS) is 14.5. The van der Waals surface area contributed by atoms with Gasteiger partial charge in [0, 0.05) is 22.7 Å². The first kappa shape index (κ1) is 19.2. The van der Waals surface area contributed by atoms with E-state index in [1.54, 1.807) is 24.5 Å². The number of amides is 1. The van der Waals surface area contributed by atoms with Gasteiger partial charge in [-0.15, -0.1) is 0 Å². The molecule has 31 heavy (non-hydrogen) atoms. The Morgan fingerprint density at radius 2 is 2.03 bits per heavy atom. The lowest BCUT2D eigenvalue weighted by Gasteiger charge is -2.24. The highest BCUT2D eigenvalue weighted by Crippen LogP contribution is 2.24. The Hall–Kier alpha value is -3.78. The van der Waals surface area contributed by atoms with E-state index in [4.69, 9.17) is 9.15 Å². The monoisotopic (exact) mass is 415 g/mol. The molecule has 1 aliphatic rings. The molecular weight excluding hydrogens is 394 g/mol. The van der Waals surface area contributed by atoms with E-state index in [1.165, 1.54) is 6.39 Å². The molecule has 1 amide bonds. The molecule has 2 N–H and O–H groups in total. The molecule has 156 valence electrons. The van der Waals surface area contributed by atoms with Crippen molar-refractivity contribution >= 4 is 22.8 Å². The van der Waals surface area contributed by atoms with E-state index in [9.17, 15) is 4.79 Å². The number of rotatable bonds is 5. The van der Waals surface area contributed by atoms with E-state index in [0.717, 1.165) is 36.9 Å². The molecule has 0 aliphatic carbocycles. The van der Waals surface area contributed by atoms with Crippen LogP contribution in [0.1, 0.15) is 23.2 Å². The fraction of sp³-hybridized carbons (Fsp3) is 0.217. The van der Waals surface area contributed by atoms with E-state index in [0.29, 0.717) is 22.6 Å². The third-order valence-corrected chi connectivity index (χ3v) is 5.21. The average Bonchev–Trinajstić information content (AvgIpc) is 3.34. The molecule has 1 aliphatic heterocycles. The fourth-order valence-corrected chi connectivity index (χ4v) is 3.59. The van der Waals surface area contributed by atoms with Gasteiger partial charge in [-0.2, -0.15) is 0 Å². The zero-order valence-electron chi connectivity index (χ0n) is 16.7. The number of hydrogen-bond donors (Lipinski definition) is 2. The van der Waals surface area contributed by atoms with Gasteiger partial charge in [0.05, 0.1) is 11.7 Å². The lowest BCUT2D eigenvalue weighted by molar-refractivity contribution is 0.102. The number of nitrogens with zero attached hydrogens (tertiary/aromatic N) is 3. The molecule has 8 nitrogen and oxygen atoms in total. The number of carbonyl (C=O) groups excluding carboxylic acids is 1. The third-order valence-electron chi connectivity index (χ3n) is 5.21.